The molecule has 3 N–H and O–H groups in total. The molecular weight excluding hydrogens is 234 g/mol. The highest BCUT2D eigenvalue weighted by Crippen LogP contribution is 2.13. The first-order chi connectivity index (χ1) is 8.47. The van der Waals surface area contributed by atoms with E-state index in [2.05, 4.69) is 16.0 Å². The molecule has 1 rings (SSSR count). The zero-order valence-corrected chi connectivity index (χ0v) is 10.2. The van der Waals surface area contributed by atoms with E-state index in [1.54, 1.807) is 24.3 Å². The van der Waals surface area contributed by atoms with Crippen molar-refractivity contribution in [3.63, 3.8) is 0 Å². The number of hydrogen-bond donors (Lipinski definition) is 3. The molecule has 0 heterocycles. The first-order valence-corrected chi connectivity index (χ1v) is 5.39. The second-order valence-electron chi connectivity index (χ2n) is 3.72. The molecule has 6 nitrogen and oxygen atoms in total. The molecule has 0 saturated carbocycles. The van der Waals surface area contributed by atoms with Gasteiger partial charge in [0.1, 0.15) is 0 Å². The van der Waals surface area contributed by atoms with Crippen molar-refractivity contribution < 1.29 is 14.4 Å². The zero-order chi connectivity index (χ0) is 13.5. The molecule has 0 atom stereocenters. The topological polar surface area (TPSA) is 87.3 Å². The van der Waals surface area contributed by atoms with Gasteiger partial charge in [0.2, 0.25) is 17.7 Å². The van der Waals surface area contributed by atoms with Gasteiger partial charge in [-0.1, -0.05) is 0 Å². The summed E-state index contributed by atoms with van der Waals surface area (Å²) in [5.41, 5.74) is 1.25. The van der Waals surface area contributed by atoms with Crippen molar-refractivity contribution in [2.75, 3.05) is 17.2 Å². The maximum absolute atomic E-state index is 11.4. The van der Waals surface area contributed by atoms with Crippen LogP contribution in [0.15, 0.2) is 24.3 Å². The number of anilines is 2. The maximum Gasteiger partial charge on any atom is 0.243 e. The highest BCUT2D eigenvalue weighted by atomic mass is 16.2. The van der Waals surface area contributed by atoms with E-state index in [0.717, 1.165) is 0 Å². The summed E-state index contributed by atoms with van der Waals surface area (Å²) in [5, 5.41) is 7.62. The standard InChI is InChI=1S/C12H15N3O3/c1-8(16)13-7-12(18)15-11-5-3-10(4-6-11)14-9(2)17/h3-6H,7H2,1-2H3,(H,13,16)(H,14,17)(H,15,18). The number of benzene rings is 1. The van der Waals surface area contributed by atoms with E-state index >= 15 is 0 Å². The minimum Gasteiger partial charge on any atom is -0.347 e. The molecule has 0 radical (unpaired) electrons. The van der Waals surface area contributed by atoms with E-state index in [4.69, 9.17) is 0 Å². The van der Waals surface area contributed by atoms with Crippen molar-refractivity contribution >= 4 is 29.1 Å². The van der Waals surface area contributed by atoms with Crippen LogP contribution in [-0.4, -0.2) is 24.3 Å². The molecule has 96 valence electrons. The Balaban J connectivity index is 2.50. The van der Waals surface area contributed by atoms with Gasteiger partial charge in [-0.05, 0) is 24.3 Å². The third kappa shape index (κ3) is 5.11. The summed E-state index contributed by atoms with van der Waals surface area (Å²) in [4.78, 5) is 32.8. The Morgan fingerprint density at radius 2 is 1.39 bits per heavy atom. The van der Waals surface area contributed by atoms with Gasteiger partial charge in [0.25, 0.3) is 0 Å². The molecule has 0 spiro atoms. The van der Waals surface area contributed by atoms with Crippen LogP contribution >= 0.6 is 0 Å². The second-order valence-corrected chi connectivity index (χ2v) is 3.72. The predicted molar refractivity (Wildman–Crippen MR) is 68.1 cm³/mol. The first-order valence-electron chi connectivity index (χ1n) is 5.39. The van der Waals surface area contributed by atoms with Crippen LogP contribution in [0.2, 0.25) is 0 Å². The van der Waals surface area contributed by atoms with Crippen LogP contribution in [0, 0.1) is 0 Å². The van der Waals surface area contributed by atoms with Gasteiger partial charge in [-0.25, -0.2) is 0 Å². The van der Waals surface area contributed by atoms with E-state index in [9.17, 15) is 14.4 Å². The van der Waals surface area contributed by atoms with E-state index in [1.807, 2.05) is 0 Å². The smallest absolute Gasteiger partial charge is 0.243 e. The number of carbonyl (C=O) groups excluding carboxylic acids is 3. The molecule has 1 aromatic rings. The molecule has 18 heavy (non-hydrogen) atoms. The summed E-state index contributed by atoms with van der Waals surface area (Å²) in [5.74, 6) is -0.721. The van der Waals surface area contributed by atoms with E-state index in [0.29, 0.717) is 11.4 Å². The molecular formula is C12H15N3O3. The Morgan fingerprint density at radius 3 is 1.83 bits per heavy atom. The minimum atomic E-state index is -0.308. The average molecular weight is 249 g/mol. The largest absolute Gasteiger partial charge is 0.347 e. The third-order valence-electron chi connectivity index (χ3n) is 1.99. The summed E-state index contributed by atoms with van der Waals surface area (Å²) >= 11 is 0. The summed E-state index contributed by atoms with van der Waals surface area (Å²) in [6.45, 7) is 2.70. The second kappa shape index (κ2) is 6.39. The molecule has 0 unspecified atom stereocenters. The quantitative estimate of drug-likeness (QED) is 0.734. The van der Waals surface area contributed by atoms with Crippen molar-refractivity contribution in [2.24, 2.45) is 0 Å². The van der Waals surface area contributed by atoms with Gasteiger partial charge in [0.05, 0.1) is 6.54 Å². The molecule has 0 saturated heterocycles. The van der Waals surface area contributed by atoms with Crippen molar-refractivity contribution in [1.29, 1.82) is 0 Å². The monoisotopic (exact) mass is 249 g/mol. The lowest BCUT2D eigenvalue weighted by atomic mass is 10.2. The molecule has 1 aromatic carbocycles. The van der Waals surface area contributed by atoms with E-state index in [-0.39, 0.29) is 24.3 Å². The molecule has 0 aliphatic rings. The van der Waals surface area contributed by atoms with Crippen LogP contribution in [-0.2, 0) is 14.4 Å². The van der Waals surface area contributed by atoms with E-state index in [1.165, 1.54) is 13.8 Å². The highest BCUT2D eigenvalue weighted by molar-refractivity contribution is 5.94. The van der Waals surface area contributed by atoms with Crippen molar-refractivity contribution in [3.05, 3.63) is 24.3 Å². The van der Waals surface area contributed by atoms with Gasteiger partial charge >= 0.3 is 0 Å². The van der Waals surface area contributed by atoms with Crippen LogP contribution in [0.25, 0.3) is 0 Å². The fourth-order valence-electron chi connectivity index (χ4n) is 1.25. The van der Waals surface area contributed by atoms with Crippen LogP contribution < -0.4 is 16.0 Å². The van der Waals surface area contributed by atoms with Gasteiger partial charge in [-0.3, -0.25) is 14.4 Å². The van der Waals surface area contributed by atoms with Gasteiger partial charge in [0.15, 0.2) is 0 Å². The lowest BCUT2D eigenvalue weighted by Gasteiger charge is -2.07. The molecule has 0 aliphatic heterocycles. The Bertz CT molecular complexity index is 454. The van der Waals surface area contributed by atoms with Crippen molar-refractivity contribution in [2.45, 2.75) is 13.8 Å². The number of amides is 3. The van der Waals surface area contributed by atoms with Crippen LogP contribution in [0.1, 0.15) is 13.8 Å². The van der Waals surface area contributed by atoms with E-state index < -0.39 is 0 Å². The van der Waals surface area contributed by atoms with Gasteiger partial charge in [-0.15, -0.1) is 0 Å². The first kappa shape index (κ1) is 13.7. The molecule has 3 amide bonds. The predicted octanol–water partition coefficient (Wildman–Crippen LogP) is 0.720. The van der Waals surface area contributed by atoms with Gasteiger partial charge < -0.3 is 16.0 Å². The highest BCUT2D eigenvalue weighted by Gasteiger charge is 2.03. The van der Waals surface area contributed by atoms with Gasteiger partial charge in [-0.2, -0.15) is 0 Å². The molecule has 6 heteroatoms. The normalized spacial score (nSPS) is 9.44. The Morgan fingerprint density at radius 1 is 0.889 bits per heavy atom. The van der Waals surface area contributed by atoms with Crippen molar-refractivity contribution in [1.82, 2.24) is 5.32 Å². The Hall–Kier alpha value is -2.37. The summed E-state index contributed by atoms with van der Waals surface area (Å²) in [7, 11) is 0. The number of rotatable bonds is 4. The summed E-state index contributed by atoms with van der Waals surface area (Å²) < 4.78 is 0. The summed E-state index contributed by atoms with van der Waals surface area (Å²) in [6.07, 6.45) is 0. The number of nitrogens with one attached hydrogen (secondary N) is 3. The molecule has 0 bridgehead atoms. The number of carbonyl (C=O) groups is 3. The fraction of sp³-hybridized carbons (Fsp3) is 0.250. The Kier molecular flexibility index (Phi) is 4.86. The fourth-order valence-corrected chi connectivity index (χ4v) is 1.25. The van der Waals surface area contributed by atoms with Crippen LogP contribution in [0.3, 0.4) is 0 Å². The zero-order valence-electron chi connectivity index (χ0n) is 10.2. The van der Waals surface area contributed by atoms with Crippen LogP contribution in [0.5, 0.6) is 0 Å². The molecule has 0 fully saturated rings. The lowest BCUT2D eigenvalue weighted by Crippen LogP contribution is -2.31. The third-order valence-corrected chi connectivity index (χ3v) is 1.99. The van der Waals surface area contributed by atoms with Crippen LogP contribution in [0.4, 0.5) is 11.4 Å². The average Bonchev–Trinajstić information content (AvgIpc) is 2.28. The van der Waals surface area contributed by atoms with Gasteiger partial charge in [0, 0.05) is 25.2 Å². The Labute approximate surface area is 105 Å². The summed E-state index contributed by atoms with van der Waals surface area (Å²) in [6, 6.07) is 6.68. The number of hydrogen-bond acceptors (Lipinski definition) is 3. The minimum absolute atomic E-state index is 0.0667. The molecule has 0 aromatic heterocycles. The molecule has 0 aliphatic carbocycles. The van der Waals surface area contributed by atoms with Crippen molar-refractivity contribution in [3.8, 4) is 0 Å². The maximum atomic E-state index is 11.4. The SMILES string of the molecule is CC(=O)NCC(=O)Nc1ccc(NC(C)=O)cc1. The lowest BCUT2D eigenvalue weighted by molar-refractivity contribution is -0.122.